The molecule has 0 unspecified atom stereocenters. The van der Waals surface area contributed by atoms with Gasteiger partial charge in [-0.05, 0) is 50.9 Å². The van der Waals surface area contributed by atoms with Crippen LogP contribution in [0.5, 0.6) is 0 Å². The summed E-state index contributed by atoms with van der Waals surface area (Å²) < 4.78 is 23.5. The number of likely N-dealkylation sites (tertiary alicyclic amines) is 1. The Bertz CT molecular complexity index is 650. The molecule has 2 heterocycles. The zero-order valence-corrected chi connectivity index (χ0v) is 15.0. The molecule has 1 aliphatic carbocycles. The maximum absolute atomic E-state index is 11.8. The Morgan fingerprint density at radius 1 is 1.12 bits per heavy atom. The summed E-state index contributed by atoms with van der Waals surface area (Å²) in [6.07, 6.45) is 11.5. The zero-order chi connectivity index (χ0) is 17.0. The van der Waals surface area contributed by atoms with Gasteiger partial charge in [0.2, 0.25) is 10.0 Å². The fraction of sp³-hybridized carbons (Fsp3) is 0.706. The molecule has 7 heteroatoms. The fourth-order valence-corrected chi connectivity index (χ4v) is 4.85. The van der Waals surface area contributed by atoms with Gasteiger partial charge in [0.25, 0.3) is 0 Å². The standard InChI is InChI=1S/C17H28N4O2S/c18-24(22,23)15-8-7-11-19-16(15)20-14-17(9-3-1-4-10-17)21-12-5-2-6-13-21/h7-8,11H,1-6,9-10,12-14H2,(H,19,20)(H2,18,22,23). The van der Waals surface area contributed by atoms with E-state index in [-0.39, 0.29) is 10.4 Å². The summed E-state index contributed by atoms with van der Waals surface area (Å²) in [6, 6.07) is 3.12. The van der Waals surface area contributed by atoms with Gasteiger partial charge in [-0.1, -0.05) is 25.7 Å². The summed E-state index contributed by atoms with van der Waals surface area (Å²) in [6.45, 7) is 3.02. The molecule has 2 fully saturated rings. The van der Waals surface area contributed by atoms with E-state index in [0.717, 1.165) is 32.5 Å². The van der Waals surface area contributed by atoms with Gasteiger partial charge in [0.05, 0.1) is 0 Å². The van der Waals surface area contributed by atoms with Crippen LogP contribution in [0, 0.1) is 0 Å². The van der Waals surface area contributed by atoms with Crippen molar-refractivity contribution in [2.75, 3.05) is 25.0 Å². The maximum atomic E-state index is 11.8. The van der Waals surface area contributed by atoms with Crippen LogP contribution in [-0.4, -0.2) is 43.5 Å². The van der Waals surface area contributed by atoms with E-state index in [1.807, 2.05) is 0 Å². The van der Waals surface area contributed by atoms with Crippen molar-refractivity contribution >= 4 is 15.8 Å². The van der Waals surface area contributed by atoms with E-state index in [0.29, 0.717) is 5.82 Å². The van der Waals surface area contributed by atoms with E-state index < -0.39 is 10.0 Å². The van der Waals surface area contributed by atoms with Gasteiger partial charge in [-0.25, -0.2) is 18.5 Å². The van der Waals surface area contributed by atoms with Crippen molar-refractivity contribution in [2.45, 2.75) is 61.8 Å². The minimum Gasteiger partial charge on any atom is -0.367 e. The fourth-order valence-electron chi connectivity index (χ4n) is 4.18. The average molecular weight is 353 g/mol. The Morgan fingerprint density at radius 3 is 2.46 bits per heavy atom. The topological polar surface area (TPSA) is 88.3 Å². The molecule has 1 aromatic heterocycles. The van der Waals surface area contributed by atoms with Gasteiger partial charge < -0.3 is 5.32 Å². The number of nitrogens with two attached hydrogens (primary N) is 1. The van der Waals surface area contributed by atoms with Gasteiger partial charge in [0.1, 0.15) is 10.7 Å². The molecular formula is C17H28N4O2S. The second-order valence-electron chi connectivity index (χ2n) is 7.08. The zero-order valence-electron chi connectivity index (χ0n) is 14.2. The minimum absolute atomic E-state index is 0.0783. The van der Waals surface area contributed by atoms with Crippen LogP contribution in [0.4, 0.5) is 5.82 Å². The number of aromatic nitrogens is 1. The number of pyridine rings is 1. The van der Waals surface area contributed by atoms with Gasteiger partial charge in [-0.15, -0.1) is 0 Å². The van der Waals surface area contributed by atoms with Crippen LogP contribution in [-0.2, 0) is 10.0 Å². The van der Waals surface area contributed by atoms with Crippen molar-refractivity contribution in [1.29, 1.82) is 0 Å². The quantitative estimate of drug-likeness (QED) is 0.849. The first-order chi connectivity index (χ1) is 11.5. The molecule has 0 bridgehead atoms. The van der Waals surface area contributed by atoms with Crippen molar-refractivity contribution in [3.8, 4) is 0 Å². The molecule has 0 amide bonds. The number of anilines is 1. The molecule has 2 aliphatic rings. The lowest BCUT2D eigenvalue weighted by Gasteiger charge is -2.48. The second-order valence-corrected chi connectivity index (χ2v) is 8.61. The highest BCUT2D eigenvalue weighted by Crippen LogP contribution is 2.36. The maximum Gasteiger partial charge on any atom is 0.241 e. The minimum atomic E-state index is -3.77. The molecule has 1 saturated carbocycles. The molecule has 24 heavy (non-hydrogen) atoms. The Morgan fingerprint density at radius 2 is 1.79 bits per heavy atom. The molecular weight excluding hydrogens is 324 g/mol. The third kappa shape index (κ3) is 3.90. The summed E-state index contributed by atoms with van der Waals surface area (Å²) in [5.41, 5.74) is 0.117. The first kappa shape index (κ1) is 17.6. The molecule has 3 rings (SSSR count). The van der Waals surface area contributed by atoms with E-state index in [2.05, 4.69) is 15.2 Å². The first-order valence-corrected chi connectivity index (χ1v) is 10.5. The predicted octanol–water partition coefficient (Wildman–Crippen LogP) is 2.33. The van der Waals surface area contributed by atoms with E-state index in [1.54, 1.807) is 12.3 Å². The highest BCUT2D eigenvalue weighted by molar-refractivity contribution is 7.89. The SMILES string of the molecule is NS(=O)(=O)c1cccnc1NCC1(N2CCCCC2)CCCCC1. The lowest BCUT2D eigenvalue weighted by Crippen LogP contribution is -2.56. The molecule has 0 atom stereocenters. The van der Waals surface area contributed by atoms with Crippen LogP contribution < -0.4 is 10.5 Å². The van der Waals surface area contributed by atoms with Crippen molar-refractivity contribution in [3.63, 3.8) is 0 Å². The molecule has 0 spiro atoms. The normalized spacial score (nSPS) is 22.2. The van der Waals surface area contributed by atoms with Crippen LogP contribution >= 0.6 is 0 Å². The number of sulfonamides is 1. The molecule has 6 nitrogen and oxygen atoms in total. The number of hydrogen-bond donors (Lipinski definition) is 2. The van der Waals surface area contributed by atoms with Crippen LogP contribution in [0.1, 0.15) is 51.4 Å². The summed E-state index contributed by atoms with van der Waals surface area (Å²) >= 11 is 0. The lowest BCUT2D eigenvalue weighted by atomic mass is 9.79. The number of nitrogens with one attached hydrogen (secondary N) is 1. The predicted molar refractivity (Wildman–Crippen MR) is 95.3 cm³/mol. The van der Waals surface area contributed by atoms with E-state index in [9.17, 15) is 8.42 Å². The third-order valence-electron chi connectivity index (χ3n) is 5.47. The van der Waals surface area contributed by atoms with Crippen LogP contribution in [0.3, 0.4) is 0 Å². The summed E-state index contributed by atoms with van der Waals surface area (Å²) in [4.78, 5) is 6.92. The Labute approximate surface area is 144 Å². The average Bonchev–Trinajstić information content (AvgIpc) is 2.61. The summed E-state index contributed by atoms with van der Waals surface area (Å²) in [5, 5.41) is 8.64. The van der Waals surface area contributed by atoms with Crippen LogP contribution in [0.2, 0.25) is 0 Å². The number of rotatable bonds is 5. The largest absolute Gasteiger partial charge is 0.367 e. The Balaban J connectivity index is 1.79. The second kappa shape index (κ2) is 7.37. The van der Waals surface area contributed by atoms with Gasteiger partial charge in [0, 0.05) is 18.3 Å². The van der Waals surface area contributed by atoms with Crippen molar-refractivity contribution in [3.05, 3.63) is 18.3 Å². The molecule has 1 saturated heterocycles. The van der Waals surface area contributed by atoms with E-state index >= 15 is 0 Å². The van der Waals surface area contributed by atoms with Crippen molar-refractivity contribution in [1.82, 2.24) is 9.88 Å². The van der Waals surface area contributed by atoms with Gasteiger partial charge >= 0.3 is 0 Å². The van der Waals surface area contributed by atoms with Crippen LogP contribution in [0.15, 0.2) is 23.2 Å². The third-order valence-corrected chi connectivity index (χ3v) is 6.42. The summed E-state index contributed by atoms with van der Waals surface area (Å²) in [7, 11) is -3.77. The highest BCUT2D eigenvalue weighted by Gasteiger charge is 2.38. The van der Waals surface area contributed by atoms with E-state index in [1.165, 1.54) is 44.6 Å². The van der Waals surface area contributed by atoms with Gasteiger partial charge in [-0.3, -0.25) is 4.90 Å². The number of hydrogen-bond acceptors (Lipinski definition) is 5. The Kier molecular flexibility index (Phi) is 5.42. The molecule has 3 N–H and O–H groups in total. The number of piperidine rings is 1. The van der Waals surface area contributed by atoms with E-state index in [4.69, 9.17) is 5.14 Å². The molecule has 0 aromatic carbocycles. The smallest absolute Gasteiger partial charge is 0.241 e. The lowest BCUT2D eigenvalue weighted by molar-refractivity contribution is 0.0436. The van der Waals surface area contributed by atoms with Crippen molar-refractivity contribution in [2.24, 2.45) is 5.14 Å². The monoisotopic (exact) mass is 352 g/mol. The molecule has 0 radical (unpaired) electrons. The first-order valence-electron chi connectivity index (χ1n) is 8.98. The van der Waals surface area contributed by atoms with Crippen LogP contribution in [0.25, 0.3) is 0 Å². The van der Waals surface area contributed by atoms with Gasteiger partial charge in [0.15, 0.2) is 0 Å². The Hall–Kier alpha value is -1.18. The number of primary sulfonamides is 1. The van der Waals surface area contributed by atoms with Crippen molar-refractivity contribution < 1.29 is 8.42 Å². The highest BCUT2D eigenvalue weighted by atomic mass is 32.2. The molecule has 1 aliphatic heterocycles. The van der Waals surface area contributed by atoms with Gasteiger partial charge in [-0.2, -0.15) is 0 Å². The molecule has 134 valence electrons. The molecule has 1 aromatic rings. The number of nitrogens with zero attached hydrogens (tertiary/aromatic N) is 2. The summed E-state index contributed by atoms with van der Waals surface area (Å²) in [5.74, 6) is 0.377.